The molecule has 2 N–H and O–H groups in total. The van der Waals surface area contributed by atoms with Gasteiger partial charge in [0.15, 0.2) is 11.5 Å². The molecule has 0 radical (unpaired) electrons. The van der Waals surface area contributed by atoms with Gasteiger partial charge in [-0.15, -0.1) is 0 Å². The SMILES string of the molecule is COc1cccc(CNc2cc(C(=O)NCc3ccc(N4CCCc5ccccc54)cc3)ncn2)c1OC. The second kappa shape index (κ2) is 11.6. The molecule has 1 aliphatic heterocycles. The van der Waals surface area contributed by atoms with Crippen LogP contribution in [-0.4, -0.2) is 36.6 Å². The first-order valence-electron chi connectivity index (χ1n) is 12.6. The summed E-state index contributed by atoms with van der Waals surface area (Å²) in [6.45, 7) is 1.86. The van der Waals surface area contributed by atoms with Gasteiger partial charge in [0.05, 0.1) is 14.2 Å². The van der Waals surface area contributed by atoms with Crippen LogP contribution >= 0.6 is 0 Å². The minimum absolute atomic E-state index is 0.261. The number of benzene rings is 3. The topological polar surface area (TPSA) is 88.6 Å². The Morgan fingerprint density at radius 3 is 2.61 bits per heavy atom. The molecule has 8 nitrogen and oxygen atoms in total. The molecule has 1 aliphatic rings. The van der Waals surface area contributed by atoms with E-state index in [9.17, 15) is 4.79 Å². The van der Waals surface area contributed by atoms with Gasteiger partial charge in [-0.25, -0.2) is 9.97 Å². The van der Waals surface area contributed by atoms with E-state index in [1.165, 1.54) is 17.6 Å². The zero-order chi connectivity index (χ0) is 26.3. The quantitative estimate of drug-likeness (QED) is 0.324. The summed E-state index contributed by atoms with van der Waals surface area (Å²) >= 11 is 0. The number of hydrogen-bond donors (Lipinski definition) is 2. The number of amides is 1. The fourth-order valence-corrected chi connectivity index (χ4v) is 4.73. The summed E-state index contributed by atoms with van der Waals surface area (Å²) in [6.07, 6.45) is 3.63. The molecule has 0 bridgehead atoms. The Bertz CT molecular complexity index is 1410. The zero-order valence-electron chi connectivity index (χ0n) is 21.6. The minimum atomic E-state index is -0.261. The van der Waals surface area contributed by atoms with Crippen molar-refractivity contribution in [2.75, 3.05) is 31.0 Å². The Morgan fingerprint density at radius 1 is 0.947 bits per heavy atom. The zero-order valence-corrected chi connectivity index (χ0v) is 21.6. The van der Waals surface area contributed by atoms with Crippen LogP contribution in [0.5, 0.6) is 11.5 Å². The van der Waals surface area contributed by atoms with E-state index in [2.05, 4.69) is 74.0 Å². The number of rotatable bonds is 9. The smallest absolute Gasteiger partial charge is 0.270 e. The number of hydrogen-bond acceptors (Lipinski definition) is 7. The lowest BCUT2D eigenvalue weighted by molar-refractivity contribution is 0.0946. The van der Waals surface area contributed by atoms with Crippen LogP contribution in [0, 0.1) is 0 Å². The molecule has 0 fully saturated rings. The van der Waals surface area contributed by atoms with E-state index in [0.29, 0.717) is 36.1 Å². The molecule has 1 aromatic heterocycles. The summed E-state index contributed by atoms with van der Waals surface area (Å²) in [6, 6.07) is 24.2. The van der Waals surface area contributed by atoms with Gasteiger partial charge in [0.1, 0.15) is 17.8 Å². The van der Waals surface area contributed by atoms with E-state index < -0.39 is 0 Å². The van der Waals surface area contributed by atoms with E-state index in [1.807, 2.05) is 18.2 Å². The highest BCUT2D eigenvalue weighted by Crippen LogP contribution is 2.33. The number of anilines is 3. The Labute approximate surface area is 222 Å². The van der Waals surface area contributed by atoms with Gasteiger partial charge in [-0.05, 0) is 48.2 Å². The fourth-order valence-electron chi connectivity index (χ4n) is 4.73. The summed E-state index contributed by atoms with van der Waals surface area (Å²) < 4.78 is 10.8. The highest BCUT2D eigenvalue weighted by atomic mass is 16.5. The molecule has 2 heterocycles. The Balaban J connectivity index is 1.19. The third-order valence-electron chi connectivity index (χ3n) is 6.66. The van der Waals surface area contributed by atoms with Crippen LogP contribution in [0.1, 0.15) is 33.6 Å². The lowest BCUT2D eigenvalue weighted by atomic mass is 10.0. The van der Waals surface area contributed by atoms with Crippen molar-refractivity contribution >= 4 is 23.1 Å². The van der Waals surface area contributed by atoms with Crippen molar-refractivity contribution in [1.29, 1.82) is 0 Å². The summed E-state index contributed by atoms with van der Waals surface area (Å²) in [5.74, 6) is 1.60. The first kappa shape index (κ1) is 25.1. The maximum atomic E-state index is 12.8. The van der Waals surface area contributed by atoms with Crippen molar-refractivity contribution in [3.63, 3.8) is 0 Å². The fraction of sp³-hybridized carbons (Fsp3) is 0.233. The minimum Gasteiger partial charge on any atom is -0.493 e. The van der Waals surface area contributed by atoms with Crippen LogP contribution in [0.4, 0.5) is 17.2 Å². The monoisotopic (exact) mass is 509 g/mol. The van der Waals surface area contributed by atoms with Gasteiger partial charge < -0.3 is 25.0 Å². The summed E-state index contributed by atoms with van der Waals surface area (Å²) in [5, 5.41) is 6.19. The average Bonchev–Trinajstić information content (AvgIpc) is 2.98. The number of para-hydroxylation sites is 2. The predicted molar refractivity (Wildman–Crippen MR) is 148 cm³/mol. The third kappa shape index (κ3) is 5.54. The number of aryl methyl sites for hydroxylation is 1. The third-order valence-corrected chi connectivity index (χ3v) is 6.66. The predicted octanol–water partition coefficient (Wildman–Crippen LogP) is 5.12. The lowest BCUT2D eigenvalue weighted by Crippen LogP contribution is -2.25. The molecular formula is C30H31N5O3. The first-order valence-corrected chi connectivity index (χ1v) is 12.6. The van der Waals surface area contributed by atoms with Crippen molar-refractivity contribution in [2.24, 2.45) is 0 Å². The number of fused-ring (bicyclic) bond motifs is 1. The number of carbonyl (C=O) groups is 1. The first-order chi connectivity index (χ1) is 18.7. The van der Waals surface area contributed by atoms with Gasteiger partial charge in [0.2, 0.25) is 0 Å². The van der Waals surface area contributed by atoms with Crippen molar-refractivity contribution in [1.82, 2.24) is 15.3 Å². The Morgan fingerprint density at radius 2 is 1.79 bits per heavy atom. The highest BCUT2D eigenvalue weighted by molar-refractivity contribution is 5.92. The van der Waals surface area contributed by atoms with Crippen LogP contribution in [0.15, 0.2) is 79.1 Å². The maximum absolute atomic E-state index is 12.8. The molecule has 8 heteroatoms. The molecule has 5 rings (SSSR count). The van der Waals surface area contributed by atoms with Gasteiger partial charge in [-0.2, -0.15) is 0 Å². The molecule has 0 unspecified atom stereocenters. The standard InChI is InChI=1S/C30H31N5O3/c1-37-27-11-5-8-23(29(27)38-2)19-31-28-17-25(33-20-34-28)30(36)32-18-21-12-14-24(15-13-21)35-16-6-9-22-7-3-4-10-26(22)35/h3-5,7-8,10-15,17,20H,6,9,16,18-19H2,1-2H3,(H,32,36)(H,31,33,34). The number of methoxy groups -OCH3 is 2. The second-order valence-corrected chi connectivity index (χ2v) is 9.03. The molecule has 0 atom stereocenters. The van der Waals surface area contributed by atoms with Gasteiger partial charge >= 0.3 is 0 Å². The van der Waals surface area contributed by atoms with Crippen LogP contribution in [0.3, 0.4) is 0 Å². The molecular weight excluding hydrogens is 478 g/mol. The number of nitrogens with zero attached hydrogens (tertiary/aromatic N) is 3. The van der Waals surface area contributed by atoms with E-state index in [4.69, 9.17) is 9.47 Å². The maximum Gasteiger partial charge on any atom is 0.270 e. The van der Waals surface area contributed by atoms with Crippen molar-refractivity contribution < 1.29 is 14.3 Å². The van der Waals surface area contributed by atoms with E-state index in [-0.39, 0.29) is 5.91 Å². The normalized spacial score (nSPS) is 12.4. The number of nitrogens with one attached hydrogen (secondary N) is 2. The van der Waals surface area contributed by atoms with Crippen molar-refractivity contribution in [3.05, 3.63) is 102 Å². The van der Waals surface area contributed by atoms with E-state index in [1.54, 1.807) is 20.3 Å². The second-order valence-electron chi connectivity index (χ2n) is 9.03. The van der Waals surface area contributed by atoms with Crippen LogP contribution in [-0.2, 0) is 19.5 Å². The van der Waals surface area contributed by atoms with Gasteiger partial charge in [0.25, 0.3) is 5.91 Å². The molecule has 1 amide bonds. The molecule has 38 heavy (non-hydrogen) atoms. The lowest BCUT2D eigenvalue weighted by Gasteiger charge is -2.31. The van der Waals surface area contributed by atoms with E-state index >= 15 is 0 Å². The molecule has 4 aromatic rings. The Kier molecular flexibility index (Phi) is 7.68. The molecule has 0 aliphatic carbocycles. The van der Waals surface area contributed by atoms with Crippen molar-refractivity contribution in [2.45, 2.75) is 25.9 Å². The van der Waals surface area contributed by atoms with Gasteiger partial charge in [0, 0.05) is 42.6 Å². The van der Waals surface area contributed by atoms with Crippen LogP contribution in [0.2, 0.25) is 0 Å². The molecule has 3 aromatic carbocycles. The number of carbonyl (C=O) groups excluding carboxylic acids is 1. The summed E-state index contributed by atoms with van der Waals surface area (Å²) in [5.41, 5.74) is 6.04. The highest BCUT2D eigenvalue weighted by Gasteiger charge is 2.17. The van der Waals surface area contributed by atoms with Crippen LogP contribution < -0.4 is 25.0 Å². The summed E-state index contributed by atoms with van der Waals surface area (Å²) in [7, 11) is 3.21. The largest absolute Gasteiger partial charge is 0.493 e. The molecule has 0 spiro atoms. The average molecular weight is 510 g/mol. The number of ether oxygens (including phenoxy) is 2. The van der Waals surface area contributed by atoms with Crippen LogP contribution in [0.25, 0.3) is 0 Å². The number of aromatic nitrogens is 2. The summed E-state index contributed by atoms with van der Waals surface area (Å²) in [4.78, 5) is 23.6. The molecule has 194 valence electrons. The van der Waals surface area contributed by atoms with Gasteiger partial charge in [-0.1, -0.05) is 42.5 Å². The van der Waals surface area contributed by atoms with Gasteiger partial charge in [-0.3, -0.25) is 4.79 Å². The Hall–Kier alpha value is -4.59. The molecule has 0 saturated heterocycles. The van der Waals surface area contributed by atoms with Crippen molar-refractivity contribution in [3.8, 4) is 11.5 Å². The molecule has 0 saturated carbocycles. The van der Waals surface area contributed by atoms with E-state index in [0.717, 1.165) is 36.2 Å².